The van der Waals surface area contributed by atoms with Gasteiger partial charge in [-0.1, -0.05) is 26.2 Å². The molecular weight excluding hydrogens is 479 g/mol. The first-order chi connectivity index (χ1) is 16.4. The van der Waals surface area contributed by atoms with E-state index >= 15 is 0 Å². The molecule has 1 aliphatic carbocycles. The van der Waals surface area contributed by atoms with Crippen LogP contribution in [-0.2, 0) is 11.2 Å². The summed E-state index contributed by atoms with van der Waals surface area (Å²) in [7, 11) is 1.23. The van der Waals surface area contributed by atoms with Crippen molar-refractivity contribution in [1.82, 2.24) is 9.97 Å². The number of ether oxygens (including phenoxy) is 2. The summed E-state index contributed by atoms with van der Waals surface area (Å²) in [5.41, 5.74) is 0.779. The number of carbonyl (C=O) groups is 1. The standard InChI is InChI=1S/C25H34ClFN2O4S/c1-3-4-5-8-21(30)17-12-18(14-28-13-17)33-15-19-16(10-11-20(19)26)7-6-9-22-29-24(27)23(34-22)25(31)32-2/h12-14,16,19-21,30H,3-11,15H2,1-2H3/t16-,19+,20?,21?/m0/s1. The highest BCUT2D eigenvalue weighted by molar-refractivity contribution is 7.13. The van der Waals surface area contributed by atoms with E-state index in [9.17, 15) is 14.3 Å². The lowest BCUT2D eigenvalue weighted by Gasteiger charge is -2.22. The molecule has 2 aromatic heterocycles. The number of aliphatic hydroxyl groups is 1. The number of esters is 1. The van der Waals surface area contributed by atoms with E-state index in [1.54, 1.807) is 12.4 Å². The second-order valence-electron chi connectivity index (χ2n) is 8.91. The summed E-state index contributed by atoms with van der Waals surface area (Å²) in [4.78, 5) is 19.6. The Labute approximate surface area is 209 Å². The molecule has 2 unspecified atom stereocenters. The van der Waals surface area contributed by atoms with Gasteiger partial charge in [-0.05, 0) is 50.5 Å². The molecule has 9 heteroatoms. The van der Waals surface area contributed by atoms with Gasteiger partial charge in [-0.3, -0.25) is 4.98 Å². The van der Waals surface area contributed by atoms with Crippen LogP contribution in [0.2, 0.25) is 0 Å². The van der Waals surface area contributed by atoms with E-state index in [4.69, 9.17) is 16.3 Å². The van der Waals surface area contributed by atoms with Crippen LogP contribution in [0.4, 0.5) is 4.39 Å². The molecule has 0 aromatic carbocycles. The molecule has 34 heavy (non-hydrogen) atoms. The van der Waals surface area contributed by atoms with E-state index in [1.165, 1.54) is 7.11 Å². The number of thiazole rings is 1. The molecular formula is C25H34ClFN2O4S. The van der Waals surface area contributed by atoms with Gasteiger partial charge in [0.05, 0.1) is 31.0 Å². The topological polar surface area (TPSA) is 81.5 Å². The number of alkyl halides is 1. The summed E-state index contributed by atoms with van der Waals surface area (Å²) in [6.07, 6.45) is 11.1. The molecule has 6 nitrogen and oxygen atoms in total. The van der Waals surface area contributed by atoms with Crippen LogP contribution >= 0.6 is 22.9 Å². The van der Waals surface area contributed by atoms with Gasteiger partial charge in [0.2, 0.25) is 5.95 Å². The highest BCUT2D eigenvalue weighted by atomic mass is 35.5. The van der Waals surface area contributed by atoms with E-state index < -0.39 is 18.0 Å². The highest BCUT2D eigenvalue weighted by Gasteiger charge is 2.35. The molecule has 1 fully saturated rings. The number of aliphatic hydroxyl groups excluding tert-OH is 1. The van der Waals surface area contributed by atoms with Gasteiger partial charge in [0, 0.05) is 23.1 Å². The molecule has 0 saturated heterocycles. The van der Waals surface area contributed by atoms with Crippen molar-refractivity contribution in [3.8, 4) is 5.75 Å². The molecule has 0 bridgehead atoms. The van der Waals surface area contributed by atoms with Gasteiger partial charge in [-0.15, -0.1) is 22.9 Å². The largest absolute Gasteiger partial charge is 0.492 e. The third kappa shape index (κ3) is 7.36. The smallest absolute Gasteiger partial charge is 0.352 e. The van der Waals surface area contributed by atoms with Crippen LogP contribution in [0, 0.1) is 17.8 Å². The number of aryl methyl sites for hydroxylation is 1. The van der Waals surface area contributed by atoms with Gasteiger partial charge in [0.25, 0.3) is 0 Å². The predicted molar refractivity (Wildman–Crippen MR) is 131 cm³/mol. The van der Waals surface area contributed by atoms with Crippen molar-refractivity contribution in [3.63, 3.8) is 0 Å². The van der Waals surface area contributed by atoms with Crippen LogP contribution in [0.25, 0.3) is 0 Å². The molecule has 0 amide bonds. The minimum Gasteiger partial charge on any atom is -0.492 e. The van der Waals surface area contributed by atoms with Crippen LogP contribution in [0.15, 0.2) is 18.5 Å². The zero-order valence-electron chi connectivity index (χ0n) is 19.8. The van der Waals surface area contributed by atoms with Crippen molar-refractivity contribution in [3.05, 3.63) is 39.9 Å². The van der Waals surface area contributed by atoms with Crippen LogP contribution < -0.4 is 4.74 Å². The molecule has 2 aromatic rings. The Hall–Kier alpha value is -1.77. The Morgan fingerprint density at radius 2 is 2.15 bits per heavy atom. The zero-order chi connectivity index (χ0) is 24.5. The van der Waals surface area contributed by atoms with E-state index in [0.717, 1.165) is 68.3 Å². The third-order valence-electron chi connectivity index (χ3n) is 6.49. The van der Waals surface area contributed by atoms with Crippen LogP contribution in [0.5, 0.6) is 5.75 Å². The Morgan fingerprint density at radius 3 is 2.91 bits per heavy atom. The van der Waals surface area contributed by atoms with Crippen molar-refractivity contribution in [2.75, 3.05) is 13.7 Å². The Kier molecular flexibility index (Phi) is 10.5. The summed E-state index contributed by atoms with van der Waals surface area (Å²) < 4.78 is 24.5. The van der Waals surface area contributed by atoms with Gasteiger partial charge in [0.15, 0.2) is 4.88 Å². The highest BCUT2D eigenvalue weighted by Crippen LogP contribution is 2.39. The molecule has 0 aliphatic heterocycles. The second-order valence-corrected chi connectivity index (χ2v) is 10.5. The van der Waals surface area contributed by atoms with Gasteiger partial charge < -0.3 is 14.6 Å². The Morgan fingerprint density at radius 1 is 1.32 bits per heavy atom. The maximum absolute atomic E-state index is 13.9. The van der Waals surface area contributed by atoms with Crippen molar-refractivity contribution >= 4 is 28.9 Å². The van der Waals surface area contributed by atoms with E-state index in [1.807, 2.05) is 6.07 Å². The quantitative estimate of drug-likeness (QED) is 0.198. The number of carbonyl (C=O) groups excluding carboxylic acids is 1. The molecule has 0 spiro atoms. The minimum absolute atomic E-state index is 0.0454. The van der Waals surface area contributed by atoms with Crippen LogP contribution in [0.3, 0.4) is 0 Å². The van der Waals surface area contributed by atoms with Crippen LogP contribution in [0.1, 0.15) is 84.6 Å². The van der Waals surface area contributed by atoms with Crippen molar-refractivity contribution in [1.29, 1.82) is 0 Å². The zero-order valence-corrected chi connectivity index (χ0v) is 21.4. The number of methoxy groups -OCH3 is 1. The number of hydrogen-bond donors (Lipinski definition) is 1. The molecule has 3 rings (SSSR count). The number of pyridine rings is 1. The fraction of sp³-hybridized carbons (Fsp3) is 0.640. The van der Waals surface area contributed by atoms with E-state index in [-0.39, 0.29) is 16.2 Å². The molecule has 1 saturated carbocycles. The van der Waals surface area contributed by atoms with Crippen molar-refractivity contribution in [2.45, 2.75) is 76.2 Å². The number of unbranched alkanes of at least 4 members (excludes halogenated alkanes) is 2. The number of nitrogens with zero attached hydrogens (tertiary/aromatic N) is 2. The molecule has 1 aliphatic rings. The summed E-state index contributed by atoms with van der Waals surface area (Å²) in [6.45, 7) is 2.64. The molecule has 0 radical (unpaired) electrons. The van der Waals surface area contributed by atoms with E-state index in [2.05, 4.69) is 21.6 Å². The molecule has 1 N–H and O–H groups in total. The lowest BCUT2D eigenvalue weighted by molar-refractivity contribution is 0.0601. The average molecular weight is 513 g/mol. The predicted octanol–water partition coefficient (Wildman–Crippen LogP) is 6.11. The minimum atomic E-state index is -0.758. The first-order valence-corrected chi connectivity index (χ1v) is 13.3. The summed E-state index contributed by atoms with van der Waals surface area (Å²) in [5.74, 6) is -0.186. The third-order valence-corrected chi connectivity index (χ3v) is 8.10. The first kappa shape index (κ1) is 26.8. The molecule has 2 heterocycles. The average Bonchev–Trinajstić information content (AvgIpc) is 3.39. The summed E-state index contributed by atoms with van der Waals surface area (Å²) in [6, 6.07) is 1.87. The van der Waals surface area contributed by atoms with Gasteiger partial charge in [-0.2, -0.15) is 4.39 Å². The van der Waals surface area contributed by atoms with Gasteiger partial charge in [0.1, 0.15) is 5.75 Å². The van der Waals surface area contributed by atoms with Crippen molar-refractivity contribution < 1.29 is 23.8 Å². The molecule has 4 atom stereocenters. The second kappa shape index (κ2) is 13.4. The van der Waals surface area contributed by atoms with Gasteiger partial charge in [-0.25, -0.2) is 9.78 Å². The Bertz CT molecular complexity index is 928. The lowest BCUT2D eigenvalue weighted by Crippen LogP contribution is -2.23. The number of halogens is 2. The fourth-order valence-corrected chi connectivity index (χ4v) is 5.83. The molecule has 188 valence electrons. The lowest BCUT2D eigenvalue weighted by atomic mass is 9.91. The fourth-order valence-electron chi connectivity index (χ4n) is 4.52. The number of hydrogen-bond acceptors (Lipinski definition) is 7. The van der Waals surface area contributed by atoms with E-state index in [0.29, 0.717) is 29.7 Å². The maximum Gasteiger partial charge on any atom is 0.352 e. The Balaban J connectivity index is 1.50. The summed E-state index contributed by atoms with van der Waals surface area (Å²) >= 11 is 7.67. The monoisotopic (exact) mass is 512 g/mol. The SMILES string of the molecule is CCCCCC(O)c1cncc(OC[C@H]2C(Cl)CC[C@@H]2CCCc2nc(F)c(C(=O)OC)s2)c1. The van der Waals surface area contributed by atoms with Crippen molar-refractivity contribution in [2.24, 2.45) is 11.8 Å². The van der Waals surface area contributed by atoms with Crippen LogP contribution in [-0.4, -0.2) is 40.1 Å². The summed E-state index contributed by atoms with van der Waals surface area (Å²) in [5, 5.41) is 11.1. The maximum atomic E-state index is 13.9. The number of aromatic nitrogens is 2. The number of rotatable bonds is 13. The van der Waals surface area contributed by atoms with Gasteiger partial charge >= 0.3 is 5.97 Å². The normalized spacial score (nSPS) is 20.9. The first-order valence-electron chi connectivity index (χ1n) is 12.1.